The minimum absolute atomic E-state index is 0.0154. The highest BCUT2D eigenvalue weighted by atomic mass is 35.5. The highest BCUT2D eigenvalue weighted by Gasteiger charge is 2.26. The second-order valence-electron chi connectivity index (χ2n) is 8.08. The zero-order valence-electron chi connectivity index (χ0n) is 18.8. The normalized spacial score (nSPS) is 14.3. The van der Waals surface area contributed by atoms with Gasteiger partial charge < -0.3 is 10.2 Å². The molecule has 1 N–H and O–H groups in total. The number of carbonyl (C=O) groups excluding carboxylic acids is 2. The van der Waals surface area contributed by atoms with Gasteiger partial charge in [0.1, 0.15) is 9.88 Å². The van der Waals surface area contributed by atoms with Crippen molar-refractivity contribution in [1.29, 1.82) is 0 Å². The van der Waals surface area contributed by atoms with Crippen LogP contribution in [-0.4, -0.2) is 59.3 Å². The number of rotatable bonds is 6. The molecule has 0 aliphatic carbocycles. The van der Waals surface area contributed by atoms with Gasteiger partial charge in [-0.1, -0.05) is 54.9 Å². The number of aromatic nitrogens is 1. The van der Waals surface area contributed by atoms with Crippen LogP contribution in [0.15, 0.2) is 48.5 Å². The lowest BCUT2D eigenvalue weighted by Crippen LogP contribution is -2.50. The van der Waals surface area contributed by atoms with Crippen molar-refractivity contribution in [2.45, 2.75) is 20.3 Å². The van der Waals surface area contributed by atoms with Crippen molar-refractivity contribution in [3.63, 3.8) is 0 Å². The lowest BCUT2D eigenvalue weighted by molar-refractivity contribution is -0.117. The van der Waals surface area contributed by atoms with E-state index < -0.39 is 0 Å². The molecule has 1 aliphatic heterocycles. The number of nitrogens with zero attached hydrogens (tertiary/aromatic N) is 3. The highest BCUT2D eigenvalue weighted by molar-refractivity contribution is 7.17. The Morgan fingerprint density at radius 2 is 1.76 bits per heavy atom. The van der Waals surface area contributed by atoms with E-state index in [1.54, 1.807) is 12.1 Å². The van der Waals surface area contributed by atoms with Crippen LogP contribution in [0.4, 0.5) is 5.69 Å². The van der Waals surface area contributed by atoms with Crippen molar-refractivity contribution < 1.29 is 9.59 Å². The van der Waals surface area contributed by atoms with E-state index in [2.05, 4.69) is 46.4 Å². The molecular weight excluding hydrogens is 456 g/mol. The second kappa shape index (κ2) is 10.5. The van der Waals surface area contributed by atoms with Gasteiger partial charge in [-0.05, 0) is 31.0 Å². The zero-order chi connectivity index (χ0) is 23.4. The van der Waals surface area contributed by atoms with Gasteiger partial charge in [-0.15, -0.1) is 11.3 Å². The predicted molar refractivity (Wildman–Crippen MR) is 134 cm³/mol. The number of para-hydroxylation sites is 1. The van der Waals surface area contributed by atoms with Gasteiger partial charge in [-0.25, -0.2) is 4.98 Å². The molecule has 0 radical (unpaired) electrons. The Balaban J connectivity index is 1.33. The van der Waals surface area contributed by atoms with Crippen molar-refractivity contribution in [3.05, 3.63) is 69.7 Å². The number of hydrogen-bond donors (Lipinski definition) is 1. The summed E-state index contributed by atoms with van der Waals surface area (Å²) < 4.78 is 0. The molecule has 4 rings (SSSR count). The summed E-state index contributed by atoms with van der Waals surface area (Å²) in [4.78, 5) is 34.8. The maximum atomic E-state index is 13.2. The third-order valence-corrected chi connectivity index (χ3v) is 7.30. The van der Waals surface area contributed by atoms with E-state index in [0.29, 0.717) is 41.8 Å². The molecule has 0 saturated carbocycles. The zero-order valence-corrected chi connectivity index (χ0v) is 20.4. The van der Waals surface area contributed by atoms with Gasteiger partial charge in [0.25, 0.3) is 5.91 Å². The number of nitrogens with one attached hydrogen (secondary N) is 1. The molecule has 8 heteroatoms. The van der Waals surface area contributed by atoms with Gasteiger partial charge in [0, 0.05) is 31.7 Å². The standard InChI is InChI=1S/C25H27ClN4O2S/c1-3-18-8-10-19(11-9-18)24-27-17(2)23(33-24)25(32)30-14-12-29(13-15-30)16-22(31)28-21-7-5-4-6-20(21)26/h4-11H,3,12-16H2,1-2H3,(H,28,31). The number of halogens is 1. The van der Waals surface area contributed by atoms with Crippen LogP contribution >= 0.6 is 22.9 Å². The van der Waals surface area contributed by atoms with Gasteiger partial charge in [0.2, 0.25) is 5.91 Å². The largest absolute Gasteiger partial charge is 0.335 e. The Morgan fingerprint density at radius 3 is 2.42 bits per heavy atom. The molecule has 0 unspecified atom stereocenters. The Morgan fingerprint density at radius 1 is 1.06 bits per heavy atom. The summed E-state index contributed by atoms with van der Waals surface area (Å²) in [5.74, 6) is -0.0958. The van der Waals surface area contributed by atoms with E-state index in [-0.39, 0.29) is 18.4 Å². The van der Waals surface area contributed by atoms with Crippen LogP contribution in [0.1, 0.15) is 27.9 Å². The van der Waals surface area contributed by atoms with Crippen LogP contribution in [0.2, 0.25) is 5.02 Å². The van der Waals surface area contributed by atoms with E-state index in [1.165, 1.54) is 16.9 Å². The molecule has 0 atom stereocenters. The summed E-state index contributed by atoms with van der Waals surface area (Å²) in [6.07, 6.45) is 0.995. The smallest absolute Gasteiger partial charge is 0.265 e. The molecular formula is C25H27ClN4O2S. The van der Waals surface area contributed by atoms with Crippen molar-refractivity contribution >= 4 is 40.4 Å². The molecule has 172 valence electrons. The number of thiazole rings is 1. The molecule has 2 heterocycles. The summed E-state index contributed by atoms with van der Waals surface area (Å²) in [7, 11) is 0. The van der Waals surface area contributed by atoms with Gasteiger partial charge in [-0.2, -0.15) is 0 Å². The van der Waals surface area contributed by atoms with E-state index in [9.17, 15) is 9.59 Å². The second-order valence-corrected chi connectivity index (χ2v) is 9.49. The minimum atomic E-state index is -0.111. The Hall–Kier alpha value is -2.74. The monoisotopic (exact) mass is 482 g/mol. The minimum Gasteiger partial charge on any atom is -0.335 e. The number of amides is 2. The molecule has 1 fully saturated rings. The van der Waals surface area contributed by atoms with Gasteiger partial charge >= 0.3 is 0 Å². The molecule has 0 spiro atoms. The van der Waals surface area contributed by atoms with Crippen LogP contribution in [0.25, 0.3) is 10.6 Å². The molecule has 2 aromatic carbocycles. The number of aryl methyl sites for hydroxylation is 2. The molecule has 1 saturated heterocycles. The van der Waals surface area contributed by atoms with Crippen LogP contribution in [0.3, 0.4) is 0 Å². The summed E-state index contributed by atoms with van der Waals surface area (Å²) in [6, 6.07) is 15.5. The summed E-state index contributed by atoms with van der Waals surface area (Å²) in [5, 5.41) is 4.24. The first-order valence-corrected chi connectivity index (χ1v) is 12.3. The molecule has 0 bridgehead atoms. The number of carbonyl (C=O) groups is 2. The average molecular weight is 483 g/mol. The fraction of sp³-hybridized carbons (Fsp3) is 0.320. The van der Waals surface area contributed by atoms with Crippen molar-refractivity contribution in [1.82, 2.24) is 14.8 Å². The average Bonchev–Trinajstić information content (AvgIpc) is 3.22. The van der Waals surface area contributed by atoms with E-state index >= 15 is 0 Å². The molecule has 3 aromatic rings. The van der Waals surface area contributed by atoms with E-state index in [1.807, 2.05) is 24.0 Å². The maximum Gasteiger partial charge on any atom is 0.265 e. The highest BCUT2D eigenvalue weighted by Crippen LogP contribution is 2.29. The first-order chi connectivity index (χ1) is 15.9. The Labute approximate surface area is 203 Å². The van der Waals surface area contributed by atoms with Gasteiger partial charge in [-0.3, -0.25) is 14.5 Å². The quantitative estimate of drug-likeness (QED) is 0.551. The first kappa shape index (κ1) is 23.4. The molecule has 33 heavy (non-hydrogen) atoms. The van der Waals surface area contributed by atoms with Gasteiger partial charge in [0.05, 0.1) is 22.9 Å². The molecule has 2 amide bonds. The Kier molecular flexibility index (Phi) is 7.42. The lowest BCUT2D eigenvalue weighted by Gasteiger charge is -2.34. The van der Waals surface area contributed by atoms with Crippen LogP contribution < -0.4 is 5.32 Å². The SMILES string of the molecule is CCc1ccc(-c2nc(C)c(C(=O)N3CCN(CC(=O)Nc4ccccc4Cl)CC3)s2)cc1. The predicted octanol–water partition coefficient (Wildman–Crippen LogP) is 4.73. The van der Waals surface area contributed by atoms with E-state index in [4.69, 9.17) is 11.6 Å². The van der Waals surface area contributed by atoms with Crippen molar-refractivity contribution in [2.75, 3.05) is 38.0 Å². The third-order valence-electron chi connectivity index (χ3n) is 5.77. The van der Waals surface area contributed by atoms with Crippen LogP contribution in [0.5, 0.6) is 0 Å². The number of piperazine rings is 1. The third kappa shape index (κ3) is 5.61. The summed E-state index contributed by atoms with van der Waals surface area (Å²) >= 11 is 7.56. The number of benzene rings is 2. The molecule has 1 aliphatic rings. The number of anilines is 1. The summed E-state index contributed by atoms with van der Waals surface area (Å²) in [6.45, 7) is 6.74. The van der Waals surface area contributed by atoms with E-state index in [0.717, 1.165) is 22.7 Å². The molecule has 6 nitrogen and oxygen atoms in total. The van der Waals surface area contributed by atoms with Crippen molar-refractivity contribution in [2.24, 2.45) is 0 Å². The van der Waals surface area contributed by atoms with Crippen molar-refractivity contribution in [3.8, 4) is 10.6 Å². The van der Waals surface area contributed by atoms with Crippen LogP contribution in [-0.2, 0) is 11.2 Å². The van der Waals surface area contributed by atoms with Gasteiger partial charge in [0.15, 0.2) is 0 Å². The Bertz CT molecular complexity index is 1140. The lowest BCUT2D eigenvalue weighted by atomic mass is 10.1. The summed E-state index contributed by atoms with van der Waals surface area (Å²) in [5.41, 5.74) is 3.69. The van der Waals surface area contributed by atoms with Crippen LogP contribution in [0, 0.1) is 6.92 Å². The maximum absolute atomic E-state index is 13.2. The molecule has 1 aromatic heterocycles. The first-order valence-electron chi connectivity index (χ1n) is 11.1. The fourth-order valence-electron chi connectivity index (χ4n) is 3.81. The fourth-order valence-corrected chi connectivity index (χ4v) is 5.03. The topological polar surface area (TPSA) is 65.5 Å². The number of hydrogen-bond acceptors (Lipinski definition) is 5.